The lowest BCUT2D eigenvalue weighted by atomic mass is 10.0. The van der Waals surface area contributed by atoms with Crippen molar-refractivity contribution in [2.45, 2.75) is 83.5 Å². The molecule has 3 rings (SSSR count). The molecule has 0 radical (unpaired) electrons. The first kappa shape index (κ1) is 21.1. The van der Waals surface area contributed by atoms with Crippen LogP contribution in [0.1, 0.15) is 59.9 Å². The monoisotopic (exact) mass is 448 g/mol. The summed E-state index contributed by atoms with van der Waals surface area (Å²) in [5.74, 6) is 0. The molecule has 2 heterocycles. The molecule has 1 fully saturated rings. The lowest BCUT2D eigenvalue weighted by Crippen LogP contribution is -2.51. The van der Waals surface area contributed by atoms with Gasteiger partial charge in [0.15, 0.2) is 8.24 Å². The smallest absolute Gasteiger partial charge is 0.169 e. The maximum Gasteiger partial charge on any atom is 0.169 e. The van der Waals surface area contributed by atoms with Crippen LogP contribution < -0.4 is 0 Å². The fourth-order valence-corrected chi connectivity index (χ4v) is 13.1. The van der Waals surface area contributed by atoms with Gasteiger partial charge < -0.3 is 9.13 Å². The lowest BCUT2D eigenvalue weighted by Gasteiger charge is -2.44. The molecule has 2 nitrogen and oxygen atoms in total. The maximum atomic E-state index is 3.73. The number of rotatable bonds is 6. The molecule has 1 atom stereocenters. The van der Waals surface area contributed by atoms with Crippen molar-refractivity contribution in [3.8, 4) is 0 Å². The van der Waals surface area contributed by atoms with E-state index in [-0.39, 0.29) is 0 Å². The van der Waals surface area contributed by atoms with Crippen LogP contribution in [0, 0.1) is 0 Å². The van der Waals surface area contributed by atoms with Gasteiger partial charge in [-0.05, 0) is 79.4 Å². The predicted octanol–water partition coefficient (Wildman–Crippen LogP) is 7.06. The van der Waals surface area contributed by atoms with Crippen LogP contribution in [0.2, 0.25) is 16.6 Å². The van der Waals surface area contributed by atoms with Gasteiger partial charge in [0.25, 0.3) is 0 Å². The summed E-state index contributed by atoms with van der Waals surface area (Å²) < 4.78 is 3.98. The number of halogens is 1. The van der Waals surface area contributed by atoms with E-state index in [1.54, 1.807) is 5.56 Å². The fourth-order valence-electron chi connectivity index (χ4n) is 6.08. The Labute approximate surface area is 175 Å². The van der Waals surface area contributed by atoms with Crippen LogP contribution in [-0.2, 0) is 6.42 Å². The lowest BCUT2D eigenvalue weighted by molar-refractivity contribution is 0.310. The third-order valence-corrected chi connectivity index (χ3v) is 14.4. The van der Waals surface area contributed by atoms with E-state index in [2.05, 4.69) is 98.0 Å². The normalized spacial score (nSPS) is 19.3. The quantitative estimate of drug-likeness (QED) is 0.429. The highest BCUT2D eigenvalue weighted by molar-refractivity contribution is 9.10. The summed E-state index contributed by atoms with van der Waals surface area (Å²) in [6, 6.07) is 7.63. The number of hydrogen-bond acceptors (Lipinski definition) is 1. The van der Waals surface area contributed by atoms with Gasteiger partial charge >= 0.3 is 0 Å². The summed E-state index contributed by atoms with van der Waals surface area (Å²) in [4.78, 5) is 2.55. The zero-order valence-electron chi connectivity index (χ0n) is 18.2. The summed E-state index contributed by atoms with van der Waals surface area (Å²) in [6.45, 7) is 16.0. The molecule has 2 aromatic rings. The molecule has 0 saturated carbocycles. The number of aromatic nitrogens is 1. The largest absolute Gasteiger partial charge is 0.373 e. The van der Waals surface area contributed by atoms with E-state index in [0.717, 1.165) is 0 Å². The van der Waals surface area contributed by atoms with Crippen LogP contribution in [0.3, 0.4) is 0 Å². The number of nitrogens with zero attached hydrogens (tertiary/aromatic N) is 2. The first-order valence-corrected chi connectivity index (χ1v) is 13.7. The summed E-state index contributed by atoms with van der Waals surface area (Å²) in [7, 11) is 0.544. The number of fused-ring (bicyclic) bond motifs is 1. The van der Waals surface area contributed by atoms with E-state index >= 15 is 0 Å². The van der Waals surface area contributed by atoms with Crippen molar-refractivity contribution in [1.29, 1.82) is 0 Å². The van der Waals surface area contributed by atoms with Gasteiger partial charge in [-0.15, -0.1) is 0 Å². The molecule has 0 bridgehead atoms. The molecule has 1 saturated heterocycles. The highest BCUT2D eigenvalue weighted by atomic mass is 79.9. The molecule has 27 heavy (non-hydrogen) atoms. The molecule has 1 aliphatic heterocycles. The second kappa shape index (κ2) is 8.04. The molecule has 1 aliphatic rings. The zero-order chi connectivity index (χ0) is 19.9. The molecule has 150 valence electrons. The Morgan fingerprint density at radius 2 is 1.70 bits per heavy atom. The Balaban J connectivity index is 2.21. The van der Waals surface area contributed by atoms with Gasteiger partial charge in [-0.3, -0.25) is 0 Å². The summed E-state index contributed by atoms with van der Waals surface area (Å²) in [5.41, 5.74) is 5.12. The molecule has 0 unspecified atom stereocenters. The van der Waals surface area contributed by atoms with Crippen molar-refractivity contribution < 1.29 is 0 Å². The highest BCUT2D eigenvalue weighted by Crippen LogP contribution is 2.45. The van der Waals surface area contributed by atoms with Crippen LogP contribution in [0.4, 0.5) is 0 Å². The van der Waals surface area contributed by atoms with Crippen LogP contribution in [-0.4, -0.2) is 37.0 Å². The third-order valence-electron chi connectivity index (χ3n) is 7.17. The molecular formula is C23H37BrN2Si. The fraction of sp³-hybridized carbons (Fsp3) is 0.652. The van der Waals surface area contributed by atoms with Crippen LogP contribution in [0.25, 0.3) is 10.9 Å². The van der Waals surface area contributed by atoms with Gasteiger partial charge in [0, 0.05) is 21.4 Å². The van der Waals surface area contributed by atoms with E-state index < -0.39 is 8.24 Å². The summed E-state index contributed by atoms with van der Waals surface area (Å²) >= 11 is 3.73. The van der Waals surface area contributed by atoms with Gasteiger partial charge in [0.05, 0.1) is 0 Å². The molecule has 4 heteroatoms. The van der Waals surface area contributed by atoms with Crippen molar-refractivity contribution in [2.24, 2.45) is 0 Å². The van der Waals surface area contributed by atoms with E-state index in [1.807, 2.05) is 0 Å². The van der Waals surface area contributed by atoms with E-state index in [9.17, 15) is 0 Å². The van der Waals surface area contributed by atoms with E-state index in [1.165, 1.54) is 41.2 Å². The average Bonchev–Trinajstić information content (AvgIpc) is 3.12. The molecule has 0 aliphatic carbocycles. The Hall–Kier alpha value is -0.583. The minimum Gasteiger partial charge on any atom is -0.373 e. The standard InChI is InChI=1S/C23H37BrN2Si/c1-16(2)27(17(3)4,18(5)6)26-15-19(13-21-9-8-12-25(21)7)22-14-20(24)10-11-23(22)26/h10-11,14-18,21H,8-9,12-13H2,1-7H3/t21-/m1/s1. The molecule has 0 spiro atoms. The van der Waals surface area contributed by atoms with E-state index in [0.29, 0.717) is 22.7 Å². The topological polar surface area (TPSA) is 8.17 Å². The van der Waals surface area contributed by atoms with Gasteiger partial charge in [-0.2, -0.15) is 0 Å². The van der Waals surface area contributed by atoms with Gasteiger partial charge in [0.2, 0.25) is 0 Å². The van der Waals surface area contributed by atoms with Crippen LogP contribution in [0.5, 0.6) is 0 Å². The van der Waals surface area contributed by atoms with Gasteiger partial charge in [-0.1, -0.05) is 57.5 Å². The van der Waals surface area contributed by atoms with Gasteiger partial charge in [0.1, 0.15) is 0 Å². The summed E-state index contributed by atoms with van der Waals surface area (Å²) in [6.07, 6.45) is 6.41. The molecule has 1 aromatic carbocycles. The molecule has 0 N–H and O–H groups in total. The van der Waals surface area contributed by atoms with Crippen LogP contribution in [0.15, 0.2) is 28.9 Å². The SMILES string of the molecule is CC(C)[Si](C(C)C)(C(C)C)n1cc(C[C@H]2CCCN2C)c2cc(Br)ccc21. The molecule has 1 aromatic heterocycles. The van der Waals surface area contributed by atoms with Crippen molar-refractivity contribution in [3.63, 3.8) is 0 Å². The van der Waals surface area contributed by atoms with Crippen LogP contribution >= 0.6 is 15.9 Å². The number of hydrogen-bond donors (Lipinski definition) is 0. The van der Waals surface area contributed by atoms with Crippen molar-refractivity contribution in [3.05, 3.63) is 34.4 Å². The van der Waals surface area contributed by atoms with E-state index in [4.69, 9.17) is 0 Å². The number of likely N-dealkylation sites (N-methyl/N-ethyl adjacent to an activating group) is 1. The van der Waals surface area contributed by atoms with Crippen molar-refractivity contribution >= 4 is 35.1 Å². The Morgan fingerprint density at radius 3 is 2.22 bits per heavy atom. The first-order chi connectivity index (χ1) is 12.7. The summed E-state index contributed by atoms with van der Waals surface area (Å²) in [5, 5.41) is 1.46. The average molecular weight is 450 g/mol. The maximum absolute atomic E-state index is 3.73. The first-order valence-electron chi connectivity index (χ1n) is 10.7. The zero-order valence-corrected chi connectivity index (χ0v) is 20.8. The van der Waals surface area contributed by atoms with Crippen molar-refractivity contribution in [1.82, 2.24) is 9.13 Å². The van der Waals surface area contributed by atoms with Gasteiger partial charge in [-0.25, -0.2) is 0 Å². The number of likely N-dealkylation sites (tertiary alicyclic amines) is 1. The Bertz CT molecular complexity index is 771. The molecule has 0 amide bonds. The Kier molecular flexibility index (Phi) is 6.29. The highest BCUT2D eigenvalue weighted by Gasteiger charge is 2.46. The molecular weight excluding hydrogens is 412 g/mol. The second-order valence-electron chi connectivity index (χ2n) is 9.52. The second-order valence-corrected chi connectivity index (χ2v) is 16.2. The number of benzene rings is 1. The predicted molar refractivity (Wildman–Crippen MR) is 125 cm³/mol. The third kappa shape index (κ3) is 3.58. The minimum atomic E-state index is -1.75. The Morgan fingerprint density at radius 1 is 1.07 bits per heavy atom. The minimum absolute atomic E-state index is 0.691. The van der Waals surface area contributed by atoms with Crippen molar-refractivity contribution in [2.75, 3.05) is 13.6 Å².